The Morgan fingerprint density at radius 3 is 2.67 bits per heavy atom. The highest BCUT2D eigenvalue weighted by Gasteiger charge is 2.70. The second kappa shape index (κ2) is 3.22. The third kappa shape index (κ3) is 1.05. The summed E-state index contributed by atoms with van der Waals surface area (Å²) in [5, 5.41) is 20.7. The maximum atomic E-state index is 11.8. The quantitative estimate of drug-likeness (QED) is 0.591. The Labute approximate surface area is 104 Å². The van der Waals surface area contributed by atoms with Gasteiger partial charge in [0.15, 0.2) is 11.4 Å². The van der Waals surface area contributed by atoms with Gasteiger partial charge in [-0.3, -0.25) is 4.79 Å². The van der Waals surface area contributed by atoms with Gasteiger partial charge in [0.25, 0.3) is 0 Å². The highest BCUT2D eigenvalue weighted by atomic mass is 16.6. The number of ether oxygens (including phenoxy) is 1. The molecule has 0 aromatic rings. The number of carbonyl (C=O) groups excluding carboxylic acids is 2. The van der Waals surface area contributed by atoms with E-state index >= 15 is 0 Å². The van der Waals surface area contributed by atoms with Crippen LogP contribution in [-0.4, -0.2) is 40.3 Å². The van der Waals surface area contributed by atoms with Gasteiger partial charge in [-0.05, 0) is 24.8 Å². The minimum absolute atomic E-state index is 0.0343. The van der Waals surface area contributed by atoms with Crippen LogP contribution in [0.1, 0.15) is 26.7 Å². The first-order valence-corrected chi connectivity index (χ1v) is 6.13. The molecule has 1 aliphatic heterocycles. The van der Waals surface area contributed by atoms with Gasteiger partial charge < -0.3 is 14.9 Å². The maximum absolute atomic E-state index is 11.8. The lowest BCUT2D eigenvalue weighted by molar-refractivity contribution is -0.182. The molecule has 2 aliphatic carbocycles. The van der Waals surface area contributed by atoms with Crippen LogP contribution in [0.25, 0.3) is 0 Å². The summed E-state index contributed by atoms with van der Waals surface area (Å²) < 4.78 is 4.97. The molecule has 0 aromatic carbocycles. The van der Waals surface area contributed by atoms with Crippen molar-refractivity contribution in [3.63, 3.8) is 0 Å². The van der Waals surface area contributed by atoms with Gasteiger partial charge in [0.05, 0.1) is 11.5 Å². The van der Waals surface area contributed by atoms with E-state index < -0.39 is 23.1 Å². The predicted octanol–water partition coefficient (Wildman–Crippen LogP) is -0.0493. The first-order valence-electron chi connectivity index (χ1n) is 6.13. The van der Waals surface area contributed by atoms with Gasteiger partial charge >= 0.3 is 5.97 Å². The largest absolute Gasteiger partial charge is 0.463 e. The van der Waals surface area contributed by atoms with Crippen LogP contribution in [0.2, 0.25) is 0 Å². The molecule has 1 heterocycles. The summed E-state index contributed by atoms with van der Waals surface area (Å²) >= 11 is 0. The molecular formula is C13H16O5. The third-order valence-electron chi connectivity index (χ3n) is 5.06. The molecule has 0 radical (unpaired) electrons. The standard InChI is InChI=1S/C13H16O5/c1-6-7-3-10(15)13(17)11(16)18-5-12(13,2)8(7)4-9(6)14/h8,10,15,17H,3-5H2,1-2H3. The normalized spacial score (nSPS) is 47.1. The SMILES string of the molecule is CC1=C2CC(O)C3(O)C(=O)OCC3(C)C2CC1=O. The minimum Gasteiger partial charge on any atom is -0.463 e. The number of rotatable bonds is 0. The fraction of sp³-hybridized carbons (Fsp3) is 0.692. The van der Waals surface area contributed by atoms with Crippen LogP contribution >= 0.6 is 0 Å². The van der Waals surface area contributed by atoms with E-state index in [1.165, 1.54) is 0 Å². The highest BCUT2D eigenvalue weighted by Crippen LogP contribution is 2.58. The zero-order valence-electron chi connectivity index (χ0n) is 10.4. The van der Waals surface area contributed by atoms with E-state index in [1.54, 1.807) is 13.8 Å². The maximum Gasteiger partial charge on any atom is 0.341 e. The van der Waals surface area contributed by atoms with Crippen molar-refractivity contribution < 1.29 is 24.5 Å². The summed E-state index contributed by atoms with van der Waals surface area (Å²) in [5.74, 6) is -0.939. The van der Waals surface area contributed by atoms with Crippen LogP contribution in [0.4, 0.5) is 0 Å². The Kier molecular flexibility index (Phi) is 2.12. The molecule has 1 saturated heterocycles. The number of allylic oxidation sites excluding steroid dienone is 1. The van der Waals surface area contributed by atoms with Crippen molar-refractivity contribution in [1.29, 1.82) is 0 Å². The molecular weight excluding hydrogens is 236 g/mol. The summed E-state index contributed by atoms with van der Waals surface area (Å²) in [6.45, 7) is 3.51. The number of hydrogen-bond donors (Lipinski definition) is 2. The van der Waals surface area contributed by atoms with E-state index in [9.17, 15) is 19.8 Å². The Balaban J connectivity index is 2.16. The summed E-state index contributed by atoms with van der Waals surface area (Å²) in [5.41, 5.74) is -1.25. The van der Waals surface area contributed by atoms with Crippen molar-refractivity contribution in [3.8, 4) is 0 Å². The van der Waals surface area contributed by atoms with Gasteiger partial charge in [-0.15, -0.1) is 0 Å². The third-order valence-corrected chi connectivity index (χ3v) is 5.06. The van der Waals surface area contributed by atoms with Gasteiger partial charge in [0.1, 0.15) is 6.61 Å². The minimum atomic E-state index is -1.88. The van der Waals surface area contributed by atoms with Crippen LogP contribution in [0.15, 0.2) is 11.1 Å². The Bertz CT molecular complexity index is 494. The second-order valence-electron chi connectivity index (χ2n) is 5.81. The summed E-state index contributed by atoms with van der Waals surface area (Å²) in [7, 11) is 0. The molecule has 4 unspecified atom stereocenters. The number of carbonyl (C=O) groups is 2. The fourth-order valence-electron chi connectivity index (χ4n) is 3.71. The topological polar surface area (TPSA) is 83.8 Å². The molecule has 0 amide bonds. The number of cyclic esters (lactones) is 1. The van der Waals surface area contributed by atoms with Crippen molar-refractivity contribution in [2.45, 2.75) is 38.4 Å². The first-order chi connectivity index (χ1) is 8.32. The van der Waals surface area contributed by atoms with Gasteiger partial charge in [0.2, 0.25) is 0 Å². The van der Waals surface area contributed by atoms with Crippen molar-refractivity contribution >= 4 is 11.8 Å². The summed E-state index contributed by atoms with van der Waals surface area (Å²) in [4.78, 5) is 23.6. The molecule has 1 saturated carbocycles. The molecule has 2 N–H and O–H groups in total. The van der Waals surface area contributed by atoms with Crippen molar-refractivity contribution in [2.75, 3.05) is 6.61 Å². The van der Waals surface area contributed by atoms with E-state index in [1.807, 2.05) is 0 Å². The molecule has 18 heavy (non-hydrogen) atoms. The Hall–Kier alpha value is -1.20. The summed E-state index contributed by atoms with van der Waals surface area (Å²) in [6.07, 6.45) is -0.739. The van der Waals surface area contributed by atoms with Crippen molar-refractivity contribution in [3.05, 3.63) is 11.1 Å². The number of ketones is 1. The van der Waals surface area contributed by atoms with Crippen LogP contribution in [0, 0.1) is 11.3 Å². The Morgan fingerprint density at radius 1 is 1.33 bits per heavy atom. The lowest BCUT2D eigenvalue weighted by atomic mass is 9.57. The van der Waals surface area contributed by atoms with Crippen LogP contribution in [0.3, 0.4) is 0 Å². The molecule has 3 aliphatic rings. The lowest BCUT2D eigenvalue weighted by Crippen LogP contribution is -2.62. The van der Waals surface area contributed by atoms with Gasteiger partial charge in [0, 0.05) is 6.42 Å². The molecule has 0 spiro atoms. The first kappa shape index (κ1) is 11.9. The van der Waals surface area contributed by atoms with E-state index in [0.29, 0.717) is 12.0 Å². The predicted molar refractivity (Wildman–Crippen MR) is 60.5 cm³/mol. The number of esters is 1. The van der Waals surface area contributed by atoms with E-state index in [0.717, 1.165) is 5.57 Å². The molecule has 0 aromatic heterocycles. The summed E-state index contributed by atoms with van der Waals surface area (Å²) in [6, 6.07) is 0. The highest BCUT2D eigenvalue weighted by molar-refractivity contribution is 5.99. The Morgan fingerprint density at radius 2 is 2.00 bits per heavy atom. The number of aliphatic hydroxyl groups is 2. The van der Waals surface area contributed by atoms with Gasteiger partial charge in [-0.25, -0.2) is 4.79 Å². The van der Waals surface area contributed by atoms with Gasteiger partial charge in [-0.1, -0.05) is 12.5 Å². The van der Waals surface area contributed by atoms with Crippen molar-refractivity contribution in [2.24, 2.45) is 11.3 Å². The van der Waals surface area contributed by atoms with Crippen LogP contribution in [0.5, 0.6) is 0 Å². The monoisotopic (exact) mass is 252 g/mol. The smallest absolute Gasteiger partial charge is 0.341 e. The molecule has 4 atom stereocenters. The van der Waals surface area contributed by atoms with E-state index in [4.69, 9.17) is 4.74 Å². The lowest BCUT2D eigenvalue weighted by Gasteiger charge is -2.47. The molecule has 0 bridgehead atoms. The zero-order chi connectivity index (χ0) is 13.3. The number of fused-ring (bicyclic) bond motifs is 3. The average Bonchev–Trinajstić information content (AvgIpc) is 2.73. The molecule has 5 heteroatoms. The van der Waals surface area contributed by atoms with Gasteiger partial charge in [-0.2, -0.15) is 0 Å². The molecule has 2 fully saturated rings. The van der Waals surface area contributed by atoms with E-state index in [2.05, 4.69) is 0 Å². The molecule has 3 rings (SSSR count). The van der Waals surface area contributed by atoms with E-state index in [-0.39, 0.29) is 24.7 Å². The molecule has 5 nitrogen and oxygen atoms in total. The fourth-order valence-corrected chi connectivity index (χ4v) is 3.71. The number of Topliss-reactive ketones (excluding diaryl/α,β-unsaturated/α-hetero) is 1. The van der Waals surface area contributed by atoms with Crippen molar-refractivity contribution in [1.82, 2.24) is 0 Å². The zero-order valence-corrected chi connectivity index (χ0v) is 10.4. The second-order valence-corrected chi connectivity index (χ2v) is 5.81. The number of hydrogen-bond acceptors (Lipinski definition) is 5. The molecule has 98 valence electrons. The average molecular weight is 252 g/mol. The van der Waals surface area contributed by atoms with Crippen LogP contribution in [-0.2, 0) is 14.3 Å². The number of aliphatic hydroxyl groups excluding tert-OH is 1. The van der Waals surface area contributed by atoms with Crippen LogP contribution < -0.4 is 0 Å².